The molecule has 0 aliphatic carbocycles. The van der Waals surface area contributed by atoms with Crippen LogP contribution in [0.15, 0.2) is 59.9 Å². The third kappa shape index (κ3) is 4.84. The van der Waals surface area contributed by atoms with E-state index in [1.165, 1.54) is 18.6 Å². The van der Waals surface area contributed by atoms with Gasteiger partial charge in [-0.25, -0.2) is 18.7 Å². The molecule has 10 heteroatoms. The van der Waals surface area contributed by atoms with Gasteiger partial charge in [-0.15, -0.1) is 0 Å². The molecule has 1 amide bonds. The quantitative estimate of drug-likeness (QED) is 0.485. The van der Waals surface area contributed by atoms with Gasteiger partial charge in [0, 0.05) is 26.8 Å². The normalized spacial score (nSPS) is 10.9. The van der Waals surface area contributed by atoms with Gasteiger partial charge >= 0.3 is 0 Å². The summed E-state index contributed by atoms with van der Waals surface area (Å²) in [5.74, 6) is -1.88. The number of anilines is 1. The standard InChI is InChI=1S/C23H20F2N6O2/c1-30(2)21-11-27-19-6-4-14(8-20(19)29-21)9-28-22(32)16-10-26-13-31(23(16)33)12-15-3-5-17(24)18(25)7-15/h3-8,10-11,13H,9,12H2,1-2H3,(H,28,32). The molecule has 168 valence electrons. The predicted molar refractivity (Wildman–Crippen MR) is 119 cm³/mol. The van der Waals surface area contributed by atoms with Gasteiger partial charge in [0.25, 0.3) is 11.5 Å². The summed E-state index contributed by atoms with van der Waals surface area (Å²) in [6.45, 7) is 0.113. The van der Waals surface area contributed by atoms with Crippen molar-refractivity contribution in [3.63, 3.8) is 0 Å². The van der Waals surface area contributed by atoms with Gasteiger partial charge in [0.2, 0.25) is 0 Å². The first-order valence-corrected chi connectivity index (χ1v) is 10.0. The molecule has 0 fully saturated rings. The van der Waals surface area contributed by atoms with Crippen LogP contribution in [0, 0.1) is 11.6 Å². The van der Waals surface area contributed by atoms with E-state index in [1.807, 2.05) is 37.2 Å². The number of carbonyl (C=O) groups is 1. The maximum absolute atomic E-state index is 13.5. The largest absolute Gasteiger partial charge is 0.361 e. The number of nitrogens with zero attached hydrogens (tertiary/aromatic N) is 5. The molecule has 0 spiro atoms. The molecule has 0 atom stereocenters. The molecular weight excluding hydrogens is 430 g/mol. The monoisotopic (exact) mass is 450 g/mol. The molecule has 0 aliphatic rings. The second kappa shape index (κ2) is 9.11. The highest BCUT2D eigenvalue weighted by atomic mass is 19.2. The molecule has 8 nitrogen and oxygen atoms in total. The van der Waals surface area contributed by atoms with E-state index in [1.54, 1.807) is 6.20 Å². The Morgan fingerprint density at radius 2 is 1.82 bits per heavy atom. The summed E-state index contributed by atoms with van der Waals surface area (Å²) >= 11 is 0. The Balaban J connectivity index is 1.50. The predicted octanol–water partition coefficient (Wildman–Crippen LogP) is 2.51. The Labute approximate surface area is 187 Å². The minimum atomic E-state index is -1.01. The molecule has 0 saturated carbocycles. The molecule has 4 rings (SSSR count). The fourth-order valence-electron chi connectivity index (χ4n) is 3.20. The minimum absolute atomic E-state index is 0.0539. The van der Waals surface area contributed by atoms with Gasteiger partial charge in [-0.3, -0.25) is 19.1 Å². The molecule has 0 saturated heterocycles. The first kappa shape index (κ1) is 22.0. The maximum atomic E-state index is 13.5. The lowest BCUT2D eigenvalue weighted by Gasteiger charge is -2.12. The SMILES string of the molecule is CN(C)c1cnc2ccc(CNC(=O)c3cncn(Cc4ccc(F)c(F)c4)c3=O)cc2n1. The fourth-order valence-corrected chi connectivity index (χ4v) is 3.20. The Hall–Kier alpha value is -4.21. The number of rotatable bonds is 6. The minimum Gasteiger partial charge on any atom is -0.361 e. The van der Waals surface area contributed by atoms with Gasteiger partial charge in [-0.2, -0.15) is 0 Å². The highest BCUT2D eigenvalue weighted by Crippen LogP contribution is 2.16. The second-order valence-corrected chi connectivity index (χ2v) is 7.62. The van der Waals surface area contributed by atoms with Crippen LogP contribution in [-0.2, 0) is 13.1 Å². The van der Waals surface area contributed by atoms with Gasteiger partial charge in [0.15, 0.2) is 11.6 Å². The summed E-state index contributed by atoms with van der Waals surface area (Å²) in [5.41, 5.74) is 1.81. The fraction of sp³-hybridized carbons (Fsp3) is 0.174. The first-order chi connectivity index (χ1) is 15.8. The molecule has 0 aliphatic heterocycles. The third-order valence-corrected chi connectivity index (χ3v) is 4.99. The molecule has 4 aromatic rings. The van der Waals surface area contributed by atoms with Crippen LogP contribution < -0.4 is 15.8 Å². The van der Waals surface area contributed by atoms with Crippen LogP contribution >= 0.6 is 0 Å². The summed E-state index contributed by atoms with van der Waals surface area (Å²) in [6, 6.07) is 8.79. The van der Waals surface area contributed by atoms with Crippen LogP contribution in [0.5, 0.6) is 0 Å². The van der Waals surface area contributed by atoms with Crippen LogP contribution in [0.1, 0.15) is 21.5 Å². The molecule has 2 aromatic carbocycles. The zero-order valence-corrected chi connectivity index (χ0v) is 17.9. The Morgan fingerprint density at radius 1 is 1.03 bits per heavy atom. The number of halogens is 2. The number of amides is 1. The molecule has 2 aromatic heterocycles. The van der Waals surface area contributed by atoms with Crippen LogP contribution in [0.3, 0.4) is 0 Å². The summed E-state index contributed by atoms with van der Waals surface area (Å²) in [7, 11) is 3.74. The zero-order valence-electron chi connectivity index (χ0n) is 17.9. The van der Waals surface area contributed by atoms with E-state index in [0.717, 1.165) is 27.8 Å². The van der Waals surface area contributed by atoms with Crippen molar-refractivity contribution >= 4 is 22.8 Å². The highest BCUT2D eigenvalue weighted by Gasteiger charge is 2.14. The van der Waals surface area contributed by atoms with Crippen molar-refractivity contribution in [1.82, 2.24) is 24.8 Å². The number of fused-ring (bicyclic) bond motifs is 1. The average molecular weight is 450 g/mol. The van der Waals surface area contributed by atoms with Crippen molar-refractivity contribution in [1.29, 1.82) is 0 Å². The third-order valence-electron chi connectivity index (χ3n) is 4.99. The van der Waals surface area contributed by atoms with Crippen LogP contribution in [0.2, 0.25) is 0 Å². The molecule has 2 heterocycles. The Morgan fingerprint density at radius 3 is 2.58 bits per heavy atom. The number of hydrogen-bond donors (Lipinski definition) is 1. The molecular formula is C23H20F2N6O2. The van der Waals surface area contributed by atoms with E-state index in [4.69, 9.17) is 0 Å². The van der Waals surface area contributed by atoms with Gasteiger partial charge in [0.05, 0.1) is 30.1 Å². The number of benzene rings is 2. The number of nitrogens with one attached hydrogen (secondary N) is 1. The molecule has 1 N–H and O–H groups in total. The topological polar surface area (TPSA) is 93.0 Å². The molecule has 33 heavy (non-hydrogen) atoms. The lowest BCUT2D eigenvalue weighted by Crippen LogP contribution is -2.33. The van der Waals surface area contributed by atoms with Crippen molar-refractivity contribution in [2.24, 2.45) is 0 Å². The van der Waals surface area contributed by atoms with E-state index in [0.29, 0.717) is 16.9 Å². The smallest absolute Gasteiger partial charge is 0.266 e. The zero-order chi connectivity index (χ0) is 23.5. The van der Waals surface area contributed by atoms with Crippen LogP contribution in [0.4, 0.5) is 14.6 Å². The van der Waals surface area contributed by atoms with E-state index < -0.39 is 23.1 Å². The van der Waals surface area contributed by atoms with Crippen molar-refractivity contribution in [3.05, 3.63) is 93.8 Å². The molecule has 0 bridgehead atoms. The van der Waals surface area contributed by atoms with E-state index in [2.05, 4.69) is 20.3 Å². The molecule has 0 unspecified atom stereocenters. The lowest BCUT2D eigenvalue weighted by atomic mass is 10.2. The summed E-state index contributed by atoms with van der Waals surface area (Å²) in [5, 5.41) is 2.71. The van der Waals surface area contributed by atoms with E-state index in [-0.39, 0.29) is 18.7 Å². The van der Waals surface area contributed by atoms with Crippen LogP contribution in [-0.4, -0.2) is 39.5 Å². The average Bonchev–Trinajstić information content (AvgIpc) is 2.80. The maximum Gasteiger partial charge on any atom is 0.266 e. The summed E-state index contributed by atoms with van der Waals surface area (Å²) in [6.07, 6.45) is 4.09. The van der Waals surface area contributed by atoms with E-state index >= 15 is 0 Å². The summed E-state index contributed by atoms with van der Waals surface area (Å²) in [4.78, 5) is 40.0. The van der Waals surface area contributed by atoms with Gasteiger partial charge in [0.1, 0.15) is 11.4 Å². The number of hydrogen-bond acceptors (Lipinski definition) is 6. The van der Waals surface area contributed by atoms with Crippen molar-refractivity contribution in [3.8, 4) is 0 Å². The molecule has 0 radical (unpaired) electrons. The van der Waals surface area contributed by atoms with Crippen molar-refractivity contribution < 1.29 is 13.6 Å². The Kier molecular flexibility index (Phi) is 6.07. The van der Waals surface area contributed by atoms with Gasteiger partial charge in [-0.05, 0) is 35.4 Å². The first-order valence-electron chi connectivity index (χ1n) is 10.0. The van der Waals surface area contributed by atoms with E-state index in [9.17, 15) is 18.4 Å². The number of carbonyl (C=O) groups excluding carboxylic acids is 1. The lowest BCUT2D eigenvalue weighted by molar-refractivity contribution is 0.0948. The Bertz CT molecular complexity index is 1400. The van der Waals surface area contributed by atoms with Crippen molar-refractivity contribution in [2.45, 2.75) is 13.1 Å². The van der Waals surface area contributed by atoms with Gasteiger partial charge < -0.3 is 10.2 Å². The summed E-state index contributed by atoms with van der Waals surface area (Å²) < 4.78 is 27.8. The van der Waals surface area contributed by atoms with Crippen molar-refractivity contribution in [2.75, 3.05) is 19.0 Å². The van der Waals surface area contributed by atoms with Crippen LogP contribution in [0.25, 0.3) is 11.0 Å². The highest BCUT2D eigenvalue weighted by molar-refractivity contribution is 5.93. The number of aromatic nitrogens is 4. The second-order valence-electron chi connectivity index (χ2n) is 7.62. The van der Waals surface area contributed by atoms with Gasteiger partial charge in [-0.1, -0.05) is 12.1 Å².